The van der Waals surface area contributed by atoms with Crippen molar-refractivity contribution in [3.63, 3.8) is 0 Å². The van der Waals surface area contributed by atoms with Crippen LogP contribution < -0.4 is 10.6 Å². The largest absolute Gasteiger partial charge is 0.348 e. The Hall–Kier alpha value is -2.19. The molecule has 31 heavy (non-hydrogen) atoms. The van der Waals surface area contributed by atoms with E-state index in [0.29, 0.717) is 22.5 Å². The van der Waals surface area contributed by atoms with Crippen molar-refractivity contribution in [2.45, 2.75) is 57.9 Å². The summed E-state index contributed by atoms with van der Waals surface area (Å²) in [7, 11) is -3.08. The second-order valence-corrected chi connectivity index (χ2v) is 12.8. The van der Waals surface area contributed by atoms with Gasteiger partial charge in [0, 0.05) is 16.5 Å². The van der Waals surface area contributed by atoms with Crippen LogP contribution in [0.15, 0.2) is 24.3 Å². The van der Waals surface area contributed by atoms with E-state index in [0.717, 1.165) is 35.3 Å². The average molecular weight is 461 g/mol. The van der Waals surface area contributed by atoms with Gasteiger partial charge in [0.2, 0.25) is 0 Å². The summed E-state index contributed by atoms with van der Waals surface area (Å²) in [5.41, 5.74) is 3.17. The van der Waals surface area contributed by atoms with Crippen LogP contribution in [0.1, 0.15) is 70.3 Å². The van der Waals surface area contributed by atoms with Crippen LogP contribution in [-0.2, 0) is 28.1 Å². The highest BCUT2D eigenvalue weighted by atomic mass is 32.2. The predicted molar refractivity (Wildman–Crippen MR) is 124 cm³/mol. The van der Waals surface area contributed by atoms with E-state index < -0.39 is 9.84 Å². The van der Waals surface area contributed by atoms with Crippen molar-refractivity contribution >= 4 is 38.0 Å². The zero-order valence-electron chi connectivity index (χ0n) is 18.1. The van der Waals surface area contributed by atoms with Crippen LogP contribution in [0.5, 0.6) is 0 Å². The summed E-state index contributed by atoms with van der Waals surface area (Å²) in [4.78, 5) is 27.1. The Balaban J connectivity index is 1.55. The Bertz CT molecular complexity index is 1130. The molecule has 4 rings (SSSR count). The molecule has 0 spiro atoms. The number of sulfone groups is 1. The van der Waals surface area contributed by atoms with Gasteiger partial charge in [-0.3, -0.25) is 9.59 Å². The summed E-state index contributed by atoms with van der Waals surface area (Å²) in [6.07, 6.45) is 3.12. The molecular formula is C23H28N2O4S2. The van der Waals surface area contributed by atoms with Crippen molar-refractivity contribution in [3.8, 4) is 0 Å². The van der Waals surface area contributed by atoms with Gasteiger partial charge in [0.1, 0.15) is 5.00 Å². The topological polar surface area (TPSA) is 92.3 Å². The van der Waals surface area contributed by atoms with Crippen LogP contribution in [0.2, 0.25) is 0 Å². The molecule has 0 bridgehead atoms. The third-order valence-electron chi connectivity index (χ3n) is 5.96. The van der Waals surface area contributed by atoms with Gasteiger partial charge in [0.25, 0.3) is 11.8 Å². The minimum absolute atomic E-state index is 0.00252. The molecule has 1 aromatic heterocycles. The van der Waals surface area contributed by atoms with Crippen LogP contribution in [0.25, 0.3) is 0 Å². The first-order valence-corrected chi connectivity index (χ1v) is 13.2. The lowest BCUT2D eigenvalue weighted by Gasteiger charge is -2.19. The SMILES string of the molecule is CC(C)(C)c1ccc(C(=O)Nc2sc3c(c2C(=O)NC2CCS(=O)(=O)C2)CCC3)cc1. The van der Waals surface area contributed by atoms with Crippen LogP contribution >= 0.6 is 11.3 Å². The highest BCUT2D eigenvalue weighted by molar-refractivity contribution is 7.91. The number of hydrogen-bond acceptors (Lipinski definition) is 5. The summed E-state index contributed by atoms with van der Waals surface area (Å²) in [5.74, 6) is -0.460. The number of benzene rings is 1. The van der Waals surface area contributed by atoms with Crippen LogP contribution in [-0.4, -0.2) is 37.8 Å². The minimum atomic E-state index is -3.08. The fraction of sp³-hybridized carbons (Fsp3) is 0.478. The maximum absolute atomic E-state index is 13.1. The molecule has 0 radical (unpaired) electrons. The molecule has 2 aliphatic rings. The first-order chi connectivity index (χ1) is 14.5. The molecule has 2 heterocycles. The average Bonchev–Trinajstić information content (AvgIpc) is 3.35. The van der Waals surface area contributed by atoms with Gasteiger partial charge in [-0.15, -0.1) is 11.3 Å². The van der Waals surface area contributed by atoms with E-state index in [1.54, 1.807) is 12.1 Å². The highest BCUT2D eigenvalue weighted by Crippen LogP contribution is 2.39. The number of carbonyl (C=O) groups excluding carboxylic acids is 2. The third-order valence-corrected chi connectivity index (χ3v) is 8.93. The highest BCUT2D eigenvalue weighted by Gasteiger charge is 2.32. The molecule has 1 unspecified atom stereocenters. The molecule has 1 atom stereocenters. The van der Waals surface area contributed by atoms with Gasteiger partial charge in [-0.1, -0.05) is 32.9 Å². The normalized spacial score (nSPS) is 19.8. The van der Waals surface area contributed by atoms with E-state index in [1.807, 2.05) is 12.1 Å². The van der Waals surface area contributed by atoms with Gasteiger partial charge in [-0.05, 0) is 54.4 Å². The number of fused-ring (bicyclic) bond motifs is 1. The van der Waals surface area contributed by atoms with E-state index in [4.69, 9.17) is 0 Å². The number of nitrogens with one attached hydrogen (secondary N) is 2. The van der Waals surface area contributed by atoms with E-state index in [2.05, 4.69) is 31.4 Å². The van der Waals surface area contributed by atoms with Crippen molar-refractivity contribution in [1.82, 2.24) is 5.32 Å². The molecule has 1 aliphatic carbocycles. The van der Waals surface area contributed by atoms with Gasteiger partial charge in [0.15, 0.2) is 9.84 Å². The Kier molecular flexibility index (Phi) is 5.72. The zero-order valence-corrected chi connectivity index (χ0v) is 19.7. The fourth-order valence-electron chi connectivity index (χ4n) is 4.20. The first-order valence-electron chi connectivity index (χ1n) is 10.6. The second kappa shape index (κ2) is 8.06. The number of amides is 2. The lowest BCUT2D eigenvalue weighted by Crippen LogP contribution is -2.36. The number of hydrogen-bond donors (Lipinski definition) is 2. The Morgan fingerprint density at radius 2 is 1.77 bits per heavy atom. The smallest absolute Gasteiger partial charge is 0.256 e. The van der Waals surface area contributed by atoms with Crippen molar-refractivity contribution < 1.29 is 18.0 Å². The third kappa shape index (κ3) is 4.70. The van der Waals surface area contributed by atoms with Crippen molar-refractivity contribution in [2.75, 3.05) is 16.8 Å². The molecule has 6 nitrogen and oxygen atoms in total. The molecule has 1 aromatic carbocycles. The maximum atomic E-state index is 13.1. The number of carbonyl (C=O) groups is 2. The van der Waals surface area contributed by atoms with Gasteiger partial charge < -0.3 is 10.6 Å². The summed E-state index contributed by atoms with van der Waals surface area (Å²) < 4.78 is 23.5. The molecular weight excluding hydrogens is 432 g/mol. The lowest BCUT2D eigenvalue weighted by molar-refractivity contribution is 0.0941. The van der Waals surface area contributed by atoms with E-state index in [9.17, 15) is 18.0 Å². The molecule has 166 valence electrons. The molecule has 2 aromatic rings. The molecule has 2 amide bonds. The molecule has 1 fully saturated rings. The Morgan fingerprint density at radius 1 is 1.06 bits per heavy atom. The van der Waals surface area contributed by atoms with Crippen molar-refractivity contribution in [3.05, 3.63) is 51.4 Å². The predicted octanol–water partition coefficient (Wildman–Crippen LogP) is 3.70. The van der Waals surface area contributed by atoms with Crippen molar-refractivity contribution in [2.24, 2.45) is 0 Å². The van der Waals surface area contributed by atoms with Gasteiger partial charge >= 0.3 is 0 Å². The quantitative estimate of drug-likeness (QED) is 0.728. The van der Waals surface area contributed by atoms with Crippen LogP contribution in [0.3, 0.4) is 0 Å². The second-order valence-electron chi connectivity index (χ2n) is 9.42. The van der Waals surface area contributed by atoms with E-state index in [1.165, 1.54) is 11.3 Å². The van der Waals surface area contributed by atoms with Gasteiger partial charge in [-0.2, -0.15) is 0 Å². The number of thiophene rings is 1. The molecule has 8 heteroatoms. The zero-order chi connectivity index (χ0) is 22.4. The molecule has 0 saturated carbocycles. The maximum Gasteiger partial charge on any atom is 0.256 e. The summed E-state index contributed by atoms with van der Waals surface area (Å²) in [6.45, 7) is 6.36. The van der Waals surface area contributed by atoms with Gasteiger partial charge in [0.05, 0.1) is 17.1 Å². The summed E-state index contributed by atoms with van der Waals surface area (Å²) in [6, 6.07) is 7.15. The van der Waals surface area contributed by atoms with E-state index >= 15 is 0 Å². The van der Waals surface area contributed by atoms with Crippen molar-refractivity contribution in [1.29, 1.82) is 0 Å². The summed E-state index contributed by atoms with van der Waals surface area (Å²) in [5, 5.41) is 6.37. The van der Waals surface area contributed by atoms with Crippen LogP contribution in [0, 0.1) is 0 Å². The fourth-order valence-corrected chi connectivity index (χ4v) is 7.15. The molecule has 1 saturated heterocycles. The van der Waals surface area contributed by atoms with E-state index in [-0.39, 0.29) is 34.8 Å². The number of aryl methyl sites for hydroxylation is 1. The van der Waals surface area contributed by atoms with Crippen LogP contribution in [0.4, 0.5) is 5.00 Å². The number of rotatable bonds is 4. The Morgan fingerprint density at radius 3 is 2.39 bits per heavy atom. The number of anilines is 1. The summed E-state index contributed by atoms with van der Waals surface area (Å²) >= 11 is 1.45. The van der Waals surface area contributed by atoms with Gasteiger partial charge in [-0.25, -0.2) is 8.42 Å². The molecule has 2 N–H and O–H groups in total. The minimum Gasteiger partial charge on any atom is -0.348 e. The standard InChI is InChI=1S/C23H28N2O4S2/c1-23(2,3)15-9-7-14(8-10-15)20(26)25-22-19(17-5-4-6-18(17)30-22)21(27)24-16-11-12-31(28,29)13-16/h7-10,16H,4-6,11-13H2,1-3H3,(H,24,27)(H,25,26). The monoisotopic (exact) mass is 460 g/mol. The first kappa shape index (κ1) is 22.0. The lowest BCUT2D eigenvalue weighted by atomic mass is 9.87. The molecule has 1 aliphatic heterocycles. The Labute approximate surface area is 187 Å².